The van der Waals surface area contributed by atoms with Crippen molar-refractivity contribution in [2.24, 2.45) is 0 Å². The SMILES string of the molecule is O=C1NC(=S)S/C1=C/c1ccc2c(c1)N(Cc1cccc(SC(F)(F)F)c1)C(=O)CO2. The number of amides is 2. The number of thiocarbonyl (C=S) groups is 1. The Morgan fingerprint density at radius 2 is 2.03 bits per heavy atom. The molecular formula is C20H13F3N2O3S3. The van der Waals surface area contributed by atoms with E-state index in [1.54, 1.807) is 30.3 Å². The zero-order valence-electron chi connectivity index (χ0n) is 15.6. The zero-order chi connectivity index (χ0) is 22.2. The quantitative estimate of drug-likeness (QED) is 0.387. The van der Waals surface area contributed by atoms with Crippen molar-refractivity contribution in [3.63, 3.8) is 0 Å². The van der Waals surface area contributed by atoms with Gasteiger partial charge in [0.05, 0.1) is 17.1 Å². The third-order valence-corrected chi connectivity index (χ3v) is 6.22. The van der Waals surface area contributed by atoms with E-state index in [1.807, 2.05) is 0 Å². The second kappa shape index (κ2) is 8.56. The molecule has 0 atom stereocenters. The van der Waals surface area contributed by atoms with Gasteiger partial charge in [0.25, 0.3) is 11.8 Å². The lowest BCUT2D eigenvalue weighted by atomic mass is 10.1. The minimum absolute atomic E-state index is 0.0460. The number of rotatable bonds is 4. The Kier molecular flexibility index (Phi) is 6.00. The monoisotopic (exact) mass is 482 g/mol. The van der Waals surface area contributed by atoms with Gasteiger partial charge >= 0.3 is 5.51 Å². The predicted octanol–water partition coefficient (Wildman–Crippen LogP) is 4.71. The average Bonchev–Trinajstić information content (AvgIpc) is 3.00. The summed E-state index contributed by atoms with van der Waals surface area (Å²) in [6, 6.07) is 11.1. The molecular weight excluding hydrogens is 469 g/mol. The number of nitrogens with zero attached hydrogens (tertiary/aromatic N) is 1. The number of carbonyl (C=O) groups excluding carboxylic acids is 2. The number of nitrogens with one attached hydrogen (secondary N) is 1. The number of benzene rings is 2. The van der Waals surface area contributed by atoms with Crippen molar-refractivity contribution < 1.29 is 27.5 Å². The van der Waals surface area contributed by atoms with Crippen LogP contribution in [0.4, 0.5) is 18.9 Å². The molecule has 160 valence electrons. The molecule has 0 bridgehead atoms. The molecule has 11 heteroatoms. The summed E-state index contributed by atoms with van der Waals surface area (Å²) in [7, 11) is 0. The number of thioether (sulfide) groups is 2. The van der Waals surface area contributed by atoms with Crippen LogP contribution in [0, 0.1) is 0 Å². The topological polar surface area (TPSA) is 58.6 Å². The molecule has 2 aromatic rings. The van der Waals surface area contributed by atoms with Crippen LogP contribution in [0.2, 0.25) is 0 Å². The van der Waals surface area contributed by atoms with Gasteiger partial charge in [0.1, 0.15) is 10.1 Å². The highest BCUT2D eigenvalue weighted by Crippen LogP contribution is 2.38. The lowest BCUT2D eigenvalue weighted by Gasteiger charge is -2.30. The number of hydrogen-bond acceptors (Lipinski definition) is 6. The van der Waals surface area contributed by atoms with Gasteiger partial charge in [-0.05, 0) is 53.2 Å². The number of anilines is 1. The number of halogens is 3. The molecule has 4 rings (SSSR count). The van der Waals surface area contributed by atoms with Gasteiger partial charge in [-0.25, -0.2) is 0 Å². The van der Waals surface area contributed by atoms with Crippen molar-refractivity contribution in [3.05, 3.63) is 58.5 Å². The Morgan fingerprint density at radius 3 is 2.74 bits per heavy atom. The van der Waals surface area contributed by atoms with Gasteiger partial charge in [-0.3, -0.25) is 9.59 Å². The molecule has 1 saturated heterocycles. The van der Waals surface area contributed by atoms with Gasteiger partial charge in [-0.2, -0.15) is 13.2 Å². The van der Waals surface area contributed by atoms with E-state index in [9.17, 15) is 22.8 Å². The fourth-order valence-corrected chi connectivity index (χ4v) is 4.75. The van der Waals surface area contributed by atoms with Crippen LogP contribution in [0.25, 0.3) is 6.08 Å². The fourth-order valence-electron chi connectivity index (χ4n) is 3.08. The van der Waals surface area contributed by atoms with E-state index < -0.39 is 5.51 Å². The second-order valence-corrected chi connectivity index (χ2v) is 9.40. The predicted molar refractivity (Wildman–Crippen MR) is 118 cm³/mol. The van der Waals surface area contributed by atoms with E-state index in [0.29, 0.717) is 31.8 Å². The zero-order valence-corrected chi connectivity index (χ0v) is 18.0. The molecule has 2 aliphatic heterocycles. The number of hydrogen-bond donors (Lipinski definition) is 1. The molecule has 0 unspecified atom stereocenters. The largest absolute Gasteiger partial charge is 0.482 e. The highest BCUT2D eigenvalue weighted by Gasteiger charge is 2.30. The van der Waals surface area contributed by atoms with Crippen LogP contribution in [0.1, 0.15) is 11.1 Å². The molecule has 0 radical (unpaired) electrons. The molecule has 2 amide bonds. The Hall–Kier alpha value is -2.50. The second-order valence-electron chi connectivity index (χ2n) is 6.54. The smallest absolute Gasteiger partial charge is 0.446 e. The number of carbonyl (C=O) groups is 2. The van der Waals surface area contributed by atoms with Gasteiger partial charge in [0.2, 0.25) is 0 Å². The molecule has 31 heavy (non-hydrogen) atoms. The number of ether oxygens (including phenoxy) is 1. The minimum Gasteiger partial charge on any atom is -0.482 e. The van der Waals surface area contributed by atoms with E-state index in [-0.39, 0.29) is 41.6 Å². The Balaban J connectivity index is 1.63. The lowest BCUT2D eigenvalue weighted by molar-refractivity contribution is -0.121. The molecule has 2 heterocycles. The maximum Gasteiger partial charge on any atom is 0.446 e. The first kappa shape index (κ1) is 21.7. The highest BCUT2D eigenvalue weighted by atomic mass is 32.2. The molecule has 1 N–H and O–H groups in total. The molecule has 1 fully saturated rings. The molecule has 0 aliphatic carbocycles. The van der Waals surface area contributed by atoms with E-state index in [1.165, 1.54) is 23.1 Å². The van der Waals surface area contributed by atoms with E-state index >= 15 is 0 Å². The van der Waals surface area contributed by atoms with Crippen molar-refractivity contribution in [1.29, 1.82) is 0 Å². The van der Waals surface area contributed by atoms with Crippen LogP contribution < -0.4 is 15.0 Å². The first-order valence-corrected chi connectivity index (χ1v) is 10.9. The van der Waals surface area contributed by atoms with Gasteiger partial charge in [0.15, 0.2) is 6.61 Å². The van der Waals surface area contributed by atoms with Gasteiger partial charge in [-0.1, -0.05) is 42.2 Å². The summed E-state index contributed by atoms with van der Waals surface area (Å²) in [5, 5.41) is 2.54. The molecule has 2 aliphatic rings. The summed E-state index contributed by atoms with van der Waals surface area (Å²) >= 11 is 5.92. The van der Waals surface area contributed by atoms with Gasteiger partial charge in [0, 0.05) is 4.90 Å². The Labute approximate surface area is 189 Å². The minimum atomic E-state index is -4.39. The lowest BCUT2D eigenvalue weighted by Crippen LogP contribution is -2.38. The summed E-state index contributed by atoms with van der Waals surface area (Å²) in [6.45, 7) is -0.0856. The summed E-state index contributed by atoms with van der Waals surface area (Å²) in [5.41, 5.74) is -2.71. The molecule has 0 saturated carbocycles. The third kappa shape index (κ3) is 5.23. The van der Waals surface area contributed by atoms with Crippen molar-refractivity contribution in [3.8, 4) is 5.75 Å². The normalized spacial score (nSPS) is 17.6. The Morgan fingerprint density at radius 1 is 1.23 bits per heavy atom. The molecule has 2 aromatic carbocycles. The van der Waals surface area contributed by atoms with Crippen LogP contribution in [-0.2, 0) is 16.1 Å². The molecule has 5 nitrogen and oxygen atoms in total. The van der Waals surface area contributed by atoms with Crippen LogP contribution in [0.15, 0.2) is 52.3 Å². The van der Waals surface area contributed by atoms with Crippen molar-refractivity contribution in [2.75, 3.05) is 11.5 Å². The standard InChI is InChI=1S/C20H13F3N2O3S3/c21-20(22,23)31-13-3-1-2-12(6-13)9-25-14-7-11(4-5-15(14)28-10-17(25)26)8-16-18(27)24-19(29)30-16/h1-8H,9-10H2,(H,24,27,29)/b16-8+. The Bertz CT molecular complexity index is 1120. The van der Waals surface area contributed by atoms with Crippen molar-refractivity contribution in [2.45, 2.75) is 16.9 Å². The van der Waals surface area contributed by atoms with Crippen LogP contribution in [0.3, 0.4) is 0 Å². The van der Waals surface area contributed by atoms with Crippen LogP contribution >= 0.6 is 35.7 Å². The maximum atomic E-state index is 12.7. The number of alkyl halides is 3. The first-order chi connectivity index (χ1) is 14.7. The summed E-state index contributed by atoms with van der Waals surface area (Å²) in [4.78, 5) is 26.4. The average molecular weight is 483 g/mol. The molecule has 0 aromatic heterocycles. The summed E-state index contributed by atoms with van der Waals surface area (Å²) < 4.78 is 43.9. The first-order valence-electron chi connectivity index (χ1n) is 8.85. The third-order valence-electron chi connectivity index (χ3n) is 4.34. The fraction of sp³-hybridized carbons (Fsp3) is 0.150. The van der Waals surface area contributed by atoms with Crippen LogP contribution in [-0.4, -0.2) is 28.3 Å². The van der Waals surface area contributed by atoms with E-state index in [0.717, 1.165) is 11.8 Å². The summed E-state index contributed by atoms with van der Waals surface area (Å²) in [6.07, 6.45) is 1.65. The van der Waals surface area contributed by atoms with Crippen LogP contribution in [0.5, 0.6) is 5.75 Å². The van der Waals surface area contributed by atoms with E-state index in [4.69, 9.17) is 17.0 Å². The van der Waals surface area contributed by atoms with Gasteiger partial charge < -0.3 is 15.0 Å². The van der Waals surface area contributed by atoms with Crippen molar-refractivity contribution in [1.82, 2.24) is 5.32 Å². The molecule has 0 spiro atoms. The van der Waals surface area contributed by atoms with Gasteiger partial charge in [-0.15, -0.1) is 0 Å². The van der Waals surface area contributed by atoms with E-state index in [2.05, 4.69) is 5.32 Å². The van der Waals surface area contributed by atoms with Crippen molar-refractivity contribution >= 4 is 63.6 Å². The highest BCUT2D eigenvalue weighted by molar-refractivity contribution is 8.26. The maximum absolute atomic E-state index is 12.7. The number of fused-ring (bicyclic) bond motifs is 1. The summed E-state index contributed by atoms with van der Waals surface area (Å²) in [5.74, 6) is -0.141.